The molecule has 0 saturated carbocycles. The quantitative estimate of drug-likeness (QED) is 0.623. The Kier molecular flexibility index (Phi) is 4.42. The molecule has 2 atom stereocenters. The summed E-state index contributed by atoms with van der Waals surface area (Å²) in [7, 11) is -2.10. The van der Waals surface area contributed by atoms with Crippen LogP contribution in [-0.4, -0.2) is 15.6 Å². The molecule has 4 nitrogen and oxygen atoms in total. The molecule has 6 heteroatoms. The molecule has 1 aromatic rings. The minimum absolute atomic E-state index is 0.0557. The lowest BCUT2D eigenvalue weighted by molar-refractivity contribution is 0.246. The Hall–Kier alpha value is -0.540. The number of alkyl halides is 1. The summed E-state index contributed by atoms with van der Waals surface area (Å²) in [4.78, 5) is 9.22. The van der Waals surface area contributed by atoms with Gasteiger partial charge in [0.2, 0.25) is 0 Å². The van der Waals surface area contributed by atoms with Gasteiger partial charge in [-0.05, 0) is 19.1 Å². The number of benzene rings is 1. The van der Waals surface area contributed by atoms with Crippen LogP contribution in [0.4, 0.5) is 0 Å². The summed E-state index contributed by atoms with van der Waals surface area (Å²) >= 11 is 5.47. The molecule has 0 aromatic heterocycles. The number of phenols is 1. The Morgan fingerprint density at radius 3 is 2.64 bits per heavy atom. The van der Waals surface area contributed by atoms with Crippen LogP contribution in [0.25, 0.3) is 0 Å². The van der Waals surface area contributed by atoms with E-state index in [4.69, 9.17) is 20.6 Å². The number of halogens is 1. The van der Waals surface area contributed by atoms with Gasteiger partial charge in [0.15, 0.2) is 11.5 Å². The summed E-state index contributed by atoms with van der Waals surface area (Å²) in [6.45, 7) is 1.56. The van der Waals surface area contributed by atoms with Gasteiger partial charge in [0.05, 0.1) is 0 Å². The van der Waals surface area contributed by atoms with Crippen LogP contribution in [0.5, 0.6) is 11.5 Å². The van der Waals surface area contributed by atoms with Crippen molar-refractivity contribution in [1.29, 1.82) is 0 Å². The number of phenolic OH excluding ortho intramolecular Hbond substituents is 1. The first-order chi connectivity index (χ1) is 6.59. The molecule has 1 aromatic carbocycles. The molecular formula is C8H10ClO4P. The molecule has 0 spiro atoms. The van der Waals surface area contributed by atoms with Crippen molar-refractivity contribution in [3.05, 3.63) is 24.3 Å². The summed E-state index contributed by atoms with van der Waals surface area (Å²) in [5.41, 5.74) is -0.642. The van der Waals surface area contributed by atoms with Gasteiger partial charge in [0.25, 0.3) is 0 Å². The van der Waals surface area contributed by atoms with E-state index in [1.165, 1.54) is 12.1 Å². The highest BCUT2D eigenvalue weighted by molar-refractivity contribution is 7.41. The van der Waals surface area contributed by atoms with E-state index in [0.717, 1.165) is 0 Å². The van der Waals surface area contributed by atoms with Gasteiger partial charge in [0.1, 0.15) is 5.56 Å². The maximum atomic E-state index is 9.28. The summed E-state index contributed by atoms with van der Waals surface area (Å²) in [6.07, 6.45) is 0. The SMILES string of the molecule is C[C@H](Cl)OP(O)Oc1ccccc1O. The number of rotatable bonds is 4. The Morgan fingerprint density at radius 1 is 1.43 bits per heavy atom. The third-order valence-electron chi connectivity index (χ3n) is 1.28. The average Bonchev–Trinajstić information content (AvgIpc) is 2.07. The lowest BCUT2D eigenvalue weighted by Gasteiger charge is -2.13. The van der Waals surface area contributed by atoms with E-state index in [0.29, 0.717) is 0 Å². The van der Waals surface area contributed by atoms with Gasteiger partial charge in [-0.15, -0.1) is 0 Å². The molecule has 0 bridgehead atoms. The molecule has 0 radical (unpaired) electrons. The Balaban J connectivity index is 2.56. The third kappa shape index (κ3) is 3.68. The zero-order chi connectivity index (χ0) is 10.6. The molecule has 2 N–H and O–H groups in total. The van der Waals surface area contributed by atoms with Crippen LogP contribution in [-0.2, 0) is 4.52 Å². The first-order valence-electron chi connectivity index (χ1n) is 3.85. The van der Waals surface area contributed by atoms with Crippen molar-refractivity contribution >= 4 is 20.2 Å². The molecule has 0 saturated heterocycles. The van der Waals surface area contributed by atoms with Gasteiger partial charge in [0, 0.05) is 0 Å². The van der Waals surface area contributed by atoms with E-state index in [1.54, 1.807) is 19.1 Å². The van der Waals surface area contributed by atoms with Crippen molar-refractivity contribution in [2.24, 2.45) is 0 Å². The largest absolute Gasteiger partial charge is 0.504 e. The maximum absolute atomic E-state index is 9.28. The van der Waals surface area contributed by atoms with Crippen molar-refractivity contribution in [1.82, 2.24) is 0 Å². The van der Waals surface area contributed by atoms with Crippen molar-refractivity contribution in [2.75, 3.05) is 0 Å². The predicted octanol–water partition coefficient (Wildman–Crippen LogP) is 2.59. The lowest BCUT2D eigenvalue weighted by Crippen LogP contribution is -1.98. The fourth-order valence-electron chi connectivity index (χ4n) is 0.764. The average molecular weight is 237 g/mol. The van der Waals surface area contributed by atoms with E-state index in [1.807, 2.05) is 0 Å². The second-order valence-electron chi connectivity index (χ2n) is 2.45. The predicted molar refractivity (Wildman–Crippen MR) is 54.3 cm³/mol. The fraction of sp³-hybridized carbons (Fsp3) is 0.250. The minimum Gasteiger partial charge on any atom is -0.504 e. The van der Waals surface area contributed by atoms with Gasteiger partial charge in [-0.1, -0.05) is 23.7 Å². The molecule has 0 fully saturated rings. The van der Waals surface area contributed by atoms with Gasteiger partial charge < -0.3 is 14.5 Å². The van der Waals surface area contributed by atoms with Crippen LogP contribution in [0.15, 0.2) is 24.3 Å². The highest BCUT2D eigenvalue weighted by atomic mass is 35.5. The number of hydrogen-bond acceptors (Lipinski definition) is 4. The summed E-state index contributed by atoms with van der Waals surface area (Å²) in [5, 5.41) is 9.28. The van der Waals surface area contributed by atoms with Crippen molar-refractivity contribution < 1.29 is 19.0 Å². The molecule has 14 heavy (non-hydrogen) atoms. The topological polar surface area (TPSA) is 58.9 Å². The second kappa shape index (κ2) is 5.37. The molecule has 0 aliphatic carbocycles. The van der Waals surface area contributed by atoms with E-state index < -0.39 is 14.2 Å². The van der Waals surface area contributed by atoms with Crippen LogP contribution < -0.4 is 4.52 Å². The Bertz CT molecular complexity index is 294. The molecule has 0 aliphatic heterocycles. The van der Waals surface area contributed by atoms with Crippen LogP contribution in [0.2, 0.25) is 0 Å². The molecule has 0 heterocycles. The van der Waals surface area contributed by atoms with E-state index >= 15 is 0 Å². The smallest absolute Gasteiger partial charge is 0.396 e. The van der Waals surface area contributed by atoms with Crippen LogP contribution in [0.3, 0.4) is 0 Å². The summed E-state index contributed by atoms with van der Waals surface area (Å²) in [6, 6.07) is 6.28. The molecule has 78 valence electrons. The van der Waals surface area contributed by atoms with E-state index in [2.05, 4.69) is 0 Å². The summed E-state index contributed by atoms with van der Waals surface area (Å²) in [5.74, 6) is 0.110. The molecule has 0 aliphatic rings. The number of para-hydroxylation sites is 2. The molecule has 1 rings (SSSR count). The van der Waals surface area contributed by atoms with Crippen molar-refractivity contribution in [3.8, 4) is 11.5 Å². The third-order valence-corrected chi connectivity index (χ3v) is 2.34. The lowest BCUT2D eigenvalue weighted by atomic mass is 10.3. The van der Waals surface area contributed by atoms with Gasteiger partial charge >= 0.3 is 8.60 Å². The van der Waals surface area contributed by atoms with Gasteiger partial charge in [-0.3, -0.25) is 4.52 Å². The first kappa shape index (κ1) is 11.5. The molecular weight excluding hydrogens is 227 g/mol. The van der Waals surface area contributed by atoms with E-state index in [9.17, 15) is 10.00 Å². The number of hydrogen-bond donors (Lipinski definition) is 2. The van der Waals surface area contributed by atoms with E-state index in [-0.39, 0.29) is 11.5 Å². The zero-order valence-electron chi connectivity index (χ0n) is 7.42. The standard InChI is InChI=1S/C8H10ClO4P/c1-6(9)12-14(11)13-8-5-3-2-4-7(8)10/h2-6,10-11H,1H3/t6-,14?/m1/s1. The number of aromatic hydroxyl groups is 1. The van der Waals surface area contributed by atoms with Crippen LogP contribution >= 0.6 is 20.2 Å². The normalized spacial score (nSPS) is 14.8. The Labute approximate surface area is 88.0 Å². The molecule has 1 unspecified atom stereocenters. The highest BCUT2D eigenvalue weighted by Crippen LogP contribution is 2.40. The highest BCUT2D eigenvalue weighted by Gasteiger charge is 2.13. The fourth-order valence-corrected chi connectivity index (χ4v) is 1.58. The van der Waals surface area contributed by atoms with Crippen LogP contribution in [0.1, 0.15) is 6.92 Å². The monoisotopic (exact) mass is 236 g/mol. The van der Waals surface area contributed by atoms with Crippen molar-refractivity contribution in [2.45, 2.75) is 12.5 Å². The summed E-state index contributed by atoms with van der Waals surface area (Å²) < 4.78 is 9.68. The van der Waals surface area contributed by atoms with Gasteiger partial charge in [-0.25, -0.2) is 0 Å². The second-order valence-corrected chi connectivity index (χ2v) is 3.93. The first-order valence-corrected chi connectivity index (χ1v) is 5.42. The molecule has 0 amide bonds. The van der Waals surface area contributed by atoms with Gasteiger partial charge in [-0.2, -0.15) is 0 Å². The van der Waals surface area contributed by atoms with Crippen LogP contribution in [0, 0.1) is 0 Å². The minimum atomic E-state index is -2.10. The maximum Gasteiger partial charge on any atom is 0.396 e. The van der Waals surface area contributed by atoms with Crippen molar-refractivity contribution in [3.63, 3.8) is 0 Å². The Morgan fingerprint density at radius 2 is 2.07 bits per heavy atom. The zero-order valence-corrected chi connectivity index (χ0v) is 9.07.